The third-order valence-corrected chi connectivity index (χ3v) is 7.97. The Morgan fingerprint density at radius 2 is 1.68 bits per heavy atom. The van der Waals surface area contributed by atoms with Crippen LogP contribution < -0.4 is 10.1 Å². The van der Waals surface area contributed by atoms with Crippen molar-refractivity contribution < 1.29 is 23.1 Å². The minimum absolute atomic E-state index is 0.0629. The highest BCUT2D eigenvalue weighted by Crippen LogP contribution is 2.36. The van der Waals surface area contributed by atoms with Crippen LogP contribution in [-0.2, 0) is 17.6 Å². The third-order valence-electron chi connectivity index (χ3n) is 7.97. The molecule has 6 heteroatoms. The Morgan fingerprint density at radius 1 is 0.973 bits per heavy atom. The minimum atomic E-state index is -0.394. The number of hydrogen-bond donors (Lipinski definition) is 1. The standard InChI is InChI=1S/C31H35FN2O3/c1-2-36-28-13-9-23(10-14-28)15-18-34-19-16-25(17-20-34)30(22-34)37-31(35)33-29-6-4-3-5-26(29)21-24-7-11-27(32)12-8-24/h3-14,25,30H,2,15-22H2,1H3/p+1. The molecular formula is C31H36FN2O3+. The predicted octanol–water partition coefficient (Wildman–Crippen LogP) is 6.22. The summed E-state index contributed by atoms with van der Waals surface area (Å²) in [5, 5.41) is 2.98. The Kier molecular flexibility index (Phi) is 7.75. The van der Waals surface area contributed by atoms with Crippen molar-refractivity contribution >= 4 is 11.8 Å². The zero-order valence-corrected chi connectivity index (χ0v) is 21.5. The summed E-state index contributed by atoms with van der Waals surface area (Å²) in [6.45, 7) is 6.92. The van der Waals surface area contributed by atoms with E-state index in [1.54, 1.807) is 12.1 Å². The molecule has 194 valence electrons. The van der Waals surface area contributed by atoms with E-state index in [4.69, 9.17) is 9.47 Å². The van der Waals surface area contributed by atoms with Crippen LogP contribution in [0, 0.1) is 11.7 Å². The molecule has 3 aliphatic rings. The van der Waals surface area contributed by atoms with Crippen molar-refractivity contribution in [1.29, 1.82) is 0 Å². The van der Waals surface area contributed by atoms with Gasteiger partial charge in [-0.25, -0.2) is 9.18 Å². The van der Waals surface area contributed by atoms with Gasteiger partial charge in [0.05, 0.1) is 26.2 Å². The molecule has 6 rings (SSSR count). The van der Waals surface area contributed by atoms with Gasteiger partial charge >= 0.3 is 6.09 Å². The van der Waals surface area contributed by atoms with Gasteiger partial charge in [-0.15, -0.1) is 0 Å². The molecule has 1 amide bonds. The summed E-state index contributed by atoms with van der Waals surface area (Å²) in [5.74, 6) is 1.10. The van der Waals surface area contributed by atoms with Crippen LogP contribution in [0.1, 0.15) is 36.5 Å². The molecule has 1 atom stereocenters. The van der Waals surface area contributed by atoms with Crippen LogP contribution in [0.3, 0.4) is 0 Å². The molecule has 1 unspecified atom stereocenters. The largest absolute Gasteiger partial charge is 0.494 e. The first kappa shape index (κ1) is 25.3. The predicted molar refractivity (Wildman–Crippen MR) is 143 cm³/mol. The number of carbonyl (C=O) groups excluding carboxylic acids is 1. The van der Waals surface area contributed by atoms with Crippen molar-refractivity contribution in [2.24, 2.45) is 5.92 Å². The summed E-state index contributed by atoms with van der Waals surface area (Å²) in [5.41, 5.74) is 4.01. The second-order valence-electron chi connectivity index (χ2n) is 10.4. The molecule has 37 heavy (non-hydrogen) atoms. The second kappa shape index (κ2) is 11.3. The van der Waals surface area contributed by atoms with E-state index < -0.39 is 6.09 Å². The Labute approximate surface area is 218 Å². The fourth-order valence-electron chi connectivity index (χ4n) is 5.85. The maximum atomic E-state index is 13.3. The fraction of sp³-hybridized carbons (Fsp3) is 0.387. The molecule has 2 bridgehead atoms. The summed E-state index contributed by atoms with van der Waals surface area (Å²) in [7, 11) is 0. The number of piperidine rings is 3. The average molecular weight is 504 g/mol. The monoisotopic (exact) mass is 503 g/mol. The Balaban J connectivity index is 1.18. The van der Waals surface area contributed by atoms with Crippen molar-refractivity contribution in [3.8, 4) is 5.75 Å². The number of amides is 1. The molecule has 3 aromatic rings. The number of benzene rings is 3. The second-order valence-corrected chi connectivity index (χ2v) is 10.4. The van der Waals surface area contributed by atoms with Crippen LogP contribution in [0.15, 0.2) is 72.8 Å². The first-order valence-corrected chi connectivity index (χ1v) is 13.4. The number of nitrogens with zero attached hydrogens (tertiary/aromatic N) is 1. The van der Waals surface area contributed by atoms with Gasteiger partial charge in [-0.2, -0.15) is 0 Å². The normalized spacial score (nSPS) is 22.4. The summed E-state index contributed by atoms with van der Waals surface area (Å²) in [6.07, 6.45) is 3.35. The lowest BCUT2D eigenvalue weighted by Crippen LogP contribution is -2.65. The number of ether oxygens (including phenoxy) is 2. The van der Waals surface area contributed by atoms with Gasteiger partial charge in [-0.1, -0.05) is 42.5 Å². The highest BCUT2D eigenvalue weighted by Gasteiger charge is 2.47. The summed E-state index contributed by atoms with van der Waals surface area (Å²) >= 11 is 0. The lowest BCUT2D eigenvalue weighted by Gasteiger charge is -2.52. The van der Waals surface area contributed by atoms with Gasteiger partial charge in [0.25, 0.3) is 0 Å². The number of halogens is 1. The molecule has 3 fully saturated rings. The SMILES string of the molecule is CCOc1ccc(CC[N+]23CCC(CC2)C(OC(=O)Nc2ccccc2Cc2ccc(F)cc2)C3)cc1. The van der Waals surface area contributed by atoms with E-state index in [0.717, 1.165) is 72.5 Å². The lowest BCUT2D eigenvalue weighted by molar-refractivity contribution is -0.945. The van der Waals surface area contributed by atoms with Crippen molar-refractivity contribution in [3.63, 3.8) is 0 Å². The smallest absolute Gasteiger partial charge is 0.412 e. The zero-order chi connectivity index (χ0) is 25.7. The van der Waals surface area contributed by atoms with Gasteiger partial charge in [0, 0.05) is 30.9 Å². The Hall–Kier alpha value is -3.38. The van der Waals surface area contributed by atoms with Crippen LogP contribution in [-0.4, -0.2) is 49.5 Å². The highest BCUT2D eigenvalue weighted by molar-refractivity contribution is 5.86. The third kappa shape index (κ3) is 6.31. The lowest BCUT2D eigenvalue weighted by atomic mass is 9.83. The number of hydrogen-bond acceptors (Lipinski definition) is 3. The van der Waals surface area contributed by atoms with Crippen LogP contribution in [0.2, 0.25) is 0 Å². The van der Waals surface area contributed by atoms with E-state index in [0.29, 0.717) is 18.9 Å². The average Bonchev–Trinajstić information content (AvgIpc) is 2.91. The summed E-state index contributed by atoms with van der Waals surface area (Å²) < 4.78 is 25.9. The molecule has 5 nitrogen and oxygen atoms in total. The Morgan fingerprint density at radius 3 is 2.41 bits per heavy atom. The van der Waals surface area contributed by atoms with Crippen molar-refractivity contribution in [3.05, 3.63) is 95.3 Å². The van der Waals surface area contributed by atoms with Crippen LogP contribution in [0.25, 0.3) is 0 Å². The number of fused-ring (bicyclic) bond motifs is 3. The van der Waals surface area contributed by atoms with Gasteiger partial charge in [0.1, 0.15) is 18.1 Å². The summed E-state index contributed by atoms with van der Waals surface area (Å²) in [4.78, 5) is 13.0. The number of quaternary nitrogens is 1. The molecule has 0 radical (unpaired) electrons. The number of carbonyl (C=O) groups is 1. The van der Waals surface area contributed by atoms with Gasteiger partial charge in [0.15, 0.2) is 6.10 Å². The number of rotatable bonds is 9. The molecule has 0 spiro atoms. The van der Waals surface area contributed by atoms with Gasteiger partial charge in [0.2, 0.25) is 0 Å². The number of anilines is 1. The van der Waals surface area contributed by atoms with E-state index in [-0.39, 0.29) is 11.9 Å². The van der Waals surface area contributed by atoms with E-state index in [1.807, 2.05) is 43.3 Å². The number of nitrogens with one attached hydrogen (secondary N) is 1. The quantitative estimate of drug-likeness (QED) is 0.353. The maximum absolute atomic E-state index is 13.3. The molecule has 0 saturated carbocycles. The molecule has 3 aromatic carbocycles. The Bertz CT molecular complexity index is 1190. The van der Waals surface area contributed by atoms with Crippen LogP contribution >= 0.6 is 0 Å². The molecule has 3 aliphatic heterocycles. The van der Waals surface area contributed by atoms with E-state index in [2.05, 4.69) is 17.4 Å². The summed E-state index contributed by atoms with van der Waals surface area (Å²) in [6, 6.07) is 22.6. The topological polar surface area (TPSA) is 47.6 Å². The fourth-order valence-corrected chi connectivity index (χ4v) is 5.85. The van der Waals surface area contributed by atoms with E-state index in [9.17, 15) is 9.18 Å². The van der Waals surface area contributed by atoms with Crippen molar-refractivity contribution in [1.82, 2.24) is 0 Å². The van der Waals surface area contributed by atoms with Gasteiger partial charge in [-0.3, -0.25) is 5.32 Å². The van der Waals surface area contributed by atoms with E-state index >= 15 is 0 Å². The molecule has 0 aliphatic carbocycles. The van der Waals surface area contributed by atoms with Crippen LogP contribution in [0.4, 0.5) is 14.9 Å². The van der Waals surface area contributed by atoms with Gasteiger partial charge in [-0.05, 0) is 60.4 Å². The minimum Gasteiger partial charge on any atom is -0.494 e. The molecule has 3 saturated heterocycles. The highest BCUT2D eigenvalue weighted by atomic mass is 19.1. The van der Waals surface area contributed by atoms with Crippen LogP contribution in [0.5, 0.6) is 5.75 Å². The first-order valence-electron chi connectivity index (χ1n) is 13.4. The molecule has 3 heterocycles. The molecular weight excluding hydrogens is 467 g/mol. The van der Waals surface area contributed by atoms with Gasteiger partial charge < -0.3 is 14.0 Å². The van der Waals surface area contributed by atoms with Crippen molar-refractivity contribution in [2.75, 3.05) is 38.1 Å². The van der Waals surface area contributed by atoms with E-state index in [1.165, 1.54) is 17.7 Å². The number of para-hydroxylation sites is 1. The zero-order valence-electron chi connectivity index (χ0n) is 21.5. The van der Waals surface area contributed by atoms with Crippen molar-refractivity contribution in [2.45, 2.75) is 38.7 Å². The molecule has 1 N–H and O–H groups in total. The maximum Gasteiger partial charge on any atom is 0.412 e. The molecule has 0 aromatic heterocycles. The first-order chi connectivity index (χ1) is 18.0.